The molecule has 0 nitrogen and oxygen atoms in total. The lowest BCUT2D eigenvalue weighted by Gasteiger charge is -2.66. The summed E-state index contributed by atoms with van der Waals surface area (Å²) in [6, 6.07) is 27.9. The van der Waals surface area contributed by atoms with Crippen molar-refractivity contribution >= 4 is 21.5 Å². The van der Waals surface area contributed by atoms with Gasteiger partial charge in [-0.1, -0.05) is 129 Å². The summed E-state index contributed by atoms with van der Waals surface area (Å²) in [6.45, 7) is 17.7. The summed E-state index contributed by atoms with van der Waals surface area (Å²) in [7, 11) is 0. The molecule has 0 N–H and O–H groups in total. The summed E-state index contributed by atoms with van der Waals surface area (Å²) in [5, 5.41) is 5.87. The first kappa shape index (κ1) is 26.0. The highest BCUT2D eigenvalue weighted by Gasteiger charge is 2.63. The minimum Gasteiger partial charge on any atom is -0.0776 e. The van der Waals surface area contributed by atoms with E-state index in [1.54, 1.807) is 22.1 Å². The molecule has 0 heterocycles. The minimum atomic E-state index is 0. The molecule has 4 aromatic rings. The number of fused-ring (bicyclic) bond motifs is 2. The summed E-state index contributed by atoms with van der Waals surface area (Å²) >= 11 is 0. The Bertz CT molecular complexity index is 1430. The van der Waals surface area contributed by atoms with E-state index in [4.69, 9.17) is 0 Å². The van der Waals surface area contributed by atoms with Crippen LogP contribution in [-0.4, -0.2) is 0 Å². The molecule has 0 radical (unpaired) electrons. The third-order valence-electron chi connectivity index (χ3n) is 11.4. The van der Waals surface area contributed by atoms with E-state index in [-0.39, 0.29) is 7.43 Å². The highest BCUT2D eigenvalue weighted by atomic mass is 14.7. The molecule has 8 unspecified atom stereocenters. The van der Waals surface area contributed by atoms with Gasteiger partial charge in [0.2, 0.25) is 0 Å². The van der Waals surface area contributed by atoms with E-state index in [2.05, 4.69) is 121 Å². The van der Waals surface area contributed by atoms with Crippen molar-refractivity contribution in [3.8, 4) is 0 Å². The van der Waals surface area contributed by atoms with Gasteiger partial charge in [0.15, 0.2) is 0 Å². The normalized spacial score (nSPS) is 30.1. The van der Waals surface area contributed by atoms with Crippen molar-refractivity contribution in [2.24, 2.45) is 29.1 Å². The molecule has 0 amide bonds. The summed E-state index contributed by atoms with van der Waals surface area (Å²) in [5.41, 5.74) is 6.50. The molecule has 2 aliphatic carbocycles. The molecular formula is C37H46. The molecule has 0 aromatic heterocycles. The first-order valence-electron chi connectivity index (χ1n) is 14.3. The van der Waals surface area contributed by atoms with Gasteiger partial charge >= 0.3 is 0 Å². The first-order valence-corrected chi connectivity index (χ1v) is 14.3. The van der Waals surface area contributed by atoms with E-state index in [1.165, 1.54) is 21.7 Å². The van der Waals surface area contributed by atoms with Gasteiger partial charge in [-0.3, -0.25) is 0 Å². The molecule has 2 aliphatic rings. The molecule has 194 valence electrons. The quantitative estimate of drug-likeness (QED) is 0.267. The van der Waals surface area contributed by atoms with Crippen molar-refractivity contribution in [3.05, 3.63) is 95.1 Å². The van der Waals surface area contributed by atoms with E-state index in [9.17, 15) is 0 Å². The van der Waals surface area contributed by atoms with Crippen molar-refractivity contribution in [1.82, 2.24) is 0 Å². The molecule has 4 aromatic carbocycles. The molecule has 6 rings (SSSR count). The predicted octanol–water partition coefficient (Wildman–Crippen LogP) is 10.7. The topological polar surface area (TPSA) is 0 Å². The maximum absolute atomic E-state index is 2.64. The largest absolute Gasteiger partial charge is 0.0776 e. The van der Waals surface area contributed by atoms with Crippen LogP contribution in [0.1, 0.15) is 95.9 Å². The van der Waals surface area contributed by atoms with Crippen molar-refractivity contribution in [2.45, 2.75) is 80.1 Å². The van der Waals surface area contributed by atoms with Crippen LogP contribution in [0.25, 0.3) is 21.5 Å². The fourth-order valence-corrected chi connectivity index (χ4v) is 9.15. The number of aryl methyl sites for hydroxylation is 1. The zero-order valence-corrected chi connectivity index (χ0v) is 23.2. The lowest BCUT2D eigenvalue weighted by molar-refractivity contribution is -0.159. The molecule has 0 spiro atoms. The third kappa shape index (κ3) is 3.47. The fraction of sp³-hybridized carbons (Fsp3) is 0.459. The molecule has 0 aliphatic heterocycles. The zero-order chi connectivity index (χ0) is 25.4. The van der Waals surface area contributed by atoms with Gasteiger partial charge in [-0.25, -0.2) is 0 Å². The maximum Gasteiger partial charge on any atom is -0.0114 e. The average molecular weight is 491 g/mol. The molecule has 37 heavy (non-hydrogen) atoms. The monoisotopic (exact) mass is 490 g/mol. The highest BCUT2D eigenvalue weighted by molar-refractivity contribution is 5.91. The number of rotatable bonds is 4. The second-order valence-corrected chi connectivity index (χ2v) is 12.4. The van der Waals surface area contributed by atoms with E-state index in [0.717, 1.165) is 12.3 Å². The molecule has 0 heteroatoms. The van der Waals surface area contributed by atoms with Gasteiger partial charge in [0, 0.05) is 0 Å². The summed E-state index contributed by atoms with van der Waals surface area (Å²) in [4.78, 5) is 0. The third-order valence-corrected chi connectivity index (χ3v) is 11.4. The van der Waals surface area contributed by atoms with Gasteiger partial charge in [-0.05, 0) is 97.1 Å². The van der Waals surface area contributed by atoms with Crippen molar-refractivity contribution in [3.63, 3.8) is 0 Å². The van der Waals surface area contributed by atoms with Gasteiger partial charge < -0.3 is 0 Å². The van der Waals surface area contributed by atoms with Crippen LogP contribution in [0.3, 0.4) is 0 Å². The van der Waals surface area contributed by atoms with Crippen LogP contribution in [0.15, 0.2) is 72.8 Å². The smallest absolute Gasteiger partial charge is 0.0114 e. The van der Waals surface area contributed by atoms with Crippen LogP contribution in [0, 0.1) is 29.1 Å². The fourth-order valence-electron chi connectivity index (χ4n) is 9.15. The number of hydrogen-bond acceptors (Lipinski definition) is 0. The van der Waals surface area contributed by atoms with E-state index < -0.39 is 0 Å². The van der Waals surface area contributed by atoms with Crippen LogP contribution in [-0.2, 0) is 6.42 Å². The van der Waals surface area contributed by atoms with Gasteiger partial charge in [0.1, 0.15) is 0 Å². The predicted molar refractivity (Wildman–Crippen MR) is 163 cm³/mol. The standard InChI is InChI=1S/C36H42.CH4/c1-8-26-13-9-14-27-15-10-18-29(33(26)27)21(2)24(5)36(7)25(6)32-22(3)30-19-11-16-28-17-12-20-31(34(28)30)23(4)35(32)36;/h9-25,32,35H,8H2,1-7H3;1H4. The molecule has 8 atom stereocenters. The Morgan fingerprint density at radius 3 is 1.89 bits per heavy atom. The van der Waals surface area contributed by atoms with Crippen LogP contribution < -0.4 is 0 Å². The number of benzene rings is 4. The van der Waals surface area contributed by atoms with E-state index in [0.29, 0.717) is 40.9 Å². The Hall–Kier alpha value is -2.60. The highest BCUT2D eigenvalue weighted by Crippen LogP contribution is 2.70. The van der Waals surface area contributed by atoms with E-state index in [1.807, 2.05) is 0 Å². The second-order valence-electron chi connectivity index (χ2n) is 12.4. The van der Waals surface area contributed by atoms with Gasteiger partial charge in [-0.15, -0.1) is 0 Å². The Kier molecular flexibility index (Phi) is 6.54. The molecule has 1 saturated carbocycles. The molecule has 0 bridgehead atoms. The van der Waals surface area contributed by atoms with Crippen molar-refractivity contribution in [2.75, 3.05) is 0 Å². The Morgan fingerprint density at radius 2 is 1.27 bits per heavy atom. The van der Waals surface area contributed by atoms with Crippen LogP contribution in [0.2, 0.25) is 0 Å². The van der Waals surface area contributed by atoms with Crippen LogP contribution in [0.5, 0.6) is 0 Å². The van der Waals surface area contributed by atoms with Crippen LogP contribution in [0.4, 0.5) is 0 Å². The minimum absolute atomic E-state index is 0. The molecule has 1 fully saturated rings. The summed E-state index contributed by atoms with van der Waals surface area (Å²) < 4.78 is 0. The van der Waals surface area contributed by atoms with Crippen molar-refractivity contribution < 1.29 is 0 Å². The van der Waals surface area contributed by atoms with Crippen molar-refractivity contribution in [1.29, 1.82) is 0 Å². The first-order chi connectivity index (χ1) is 17.3. The van der Waals surface area contributed by atoms with E-state index >= 15 is 0 Å². The Labute approximate surface area is 225 Å². The second kappa shape index (κ2) is 9.30. The SMILES string of the molecule is C.CCc1cccc2cccc(C(C)C(C)C3(C)C(C)C4C(C)c5cccc6cccc(c56)C(C)C43)c12. The summed E-state index contributed by atoms with van der Waals surface area (Å²) in [6.07, 6.45) is 1.09. The Balaban J connectivity index is 0.00000280. The zero-order valence-electron chi connectivity index (χ0n) is 23.2. The van der Waals surface area contributed by atoms with Gasteiger partial charge in [0.25, 0.3) is 0 Å². The van der Waals surface area contributed by atoms with Crippen LogP contribution >= 0.6 is 0 Å². The lowest BCUT2D eigenvalue weighted by atomic mass is 9.38. The van der Waals surface area contributed by atoms with Gasteiger partial charge in [0.05, 0.1) is 0 Å². The lowest BCUT2D eigenvalue weighted by Crippen LogP contribution is -2.60. The Morgan fingerprint density at radius 1 is 0.730 bits per heavy atom. The molecule has 0 saturated heterocycles. The maximum atomic E-state index is 2.64. The van der Waals surface area contributed by atoms with Gasteiger partial charge in [-0.2, -0.15) is 0 Å². The molecular weight excluding hydrogens is 444 g/mol. The number of hydrogen-bond donors (Lipinski definition) is 0. The summed E-state index contributed by atoms with van der Waals surface area (Å²) in [5.74, 6) is 4.40. The average Bonchev–Trinajstić information content (AvgIpc) is 3.00.